The highest BCUT2D eigenvalue weighted by Crippen LogP contribution is 2.32. The van der Waals surface area contributed by atoms with E-state index in [-0.39, 0.29) is 6.61 Å². The Bertz CT molecular complexity index is 1240. The van der Waals surface area contributed by atoms with Crippen LogP contribution in [0.3, 0.4) is 0 Å². The number of aromatic nitrogens is 2. The van der Waals surface area contributed by atoms with Gasteiger partial charge in [0.1, 0.15) is 17.3 Å². The Balaban J connectivity index is 1.67. The number of aliphatic hydroxyl groups is 1. The molecule has 2 heterocycles. The summed E-state index contributed by atoms with van der Waals surface area (Å²) in [6, 6.07) is 19.3. The standard InChI is InChI=1S/C28H30FN3O4/c1-3-14-34-20-24(33)17-31(18-26-13-8-15-35-26)19-27-21(2)30-32(23-10-5-4-6-11-23)28(27)36-25-12-7-9-22(29)16-25/h3-13,15-16,24,33H,1,14,17-20H2,2H3/t24-/m1/s1. The predicted molar refractivity (Wildman–Crippen MR) is 135 cm³/mol. The molecular weight excluding hydrogens is 461 g/mol. The van der Waals surface area contributed by atoms with E-state index in [2.05, 4.69) is 6.58 Å². The third-order valence-electron chi connectivity index (χ3n) is 5.50. The Morgan fingerprint density at radius 1 is 1.14 bits per heavy atom. The van der Waals surface area contributed by atoms with Crippen molar-refractivity contribution in [3.05, 3.63) is 108 Å². The molecule has 7 nitrogen and oxygen atoms in total. The highest BCUT2D eigenvalue weighted by Gasteiger charge is 2.23. The Labute approximate surface area is 210 Å². The highest BCUT2D eigenvalue weighted by atomic mass is 19.1. The summed E-state index contributed by atoms with van der Waals surface area (Å²) < 4.78 is 32.9. The van der Waals surface area contributed by atoms with Gasteiger partial charge in [0.25, 0.3) is 0 Å². The summed E-state index contributed by atoms with van der Waals surface area (Å²) >= 11 is 0. The topological polar surface area (TPSA) is 72.9 Å². The van der Waals surface area contributed by atoms with Crippen molar-refractivity contribution < 1.29 is 23.4 Å². The van der Waals surface area contributed by atoms with E-state index in [9.17, 15) is 9.50 Å². The van der Waals surface area contributed by atoms with Crippen molar-refractivity contribution in [3.8, 4) is 17.3 Å². The van der Waals surface area contributed by atoms with Crippen molar-refractivity contribution in [2.45, 2.75) is 26.1 Å². The quantitative estimate of drug-likeness (QED) is 0.203. The van der Waals surface area contributed by atoms with Gasteiger partial charge in [-0.05, 0) is 43.3 Å². The van der Waals surface area contributed by atoms with E-state index in [1.807, 2.05) is 54.3 Å². The van der Waals surface area contributed by atoms with Crippen molar-refractivity contribution in [3.63, 3.8) is 0 Å². The van der Waals surface area contributed by atoms with Crippen LogP contribution in [0.5, 0.6) is 11.6 Å². The van der Waals surface area contributed by atoms with Crippen LogP contribution >= 0.6 is 0 Å². The molecule has 0 radical (unpaired) electrons. The Hall–Kier alpha value is -3.72. The van der Waals surface area contributed by atoms with Crippen molar-refractivity contribution >= 4 is 0 Å². The summed E-state index contributed by atoms with van der Waals surface area (Å²) in [6.07, 6.45) is 2.54. The van der Waals surface area contributed by atoms with E-state index in [0.29, 0.717) is 37.9 Å². The van der Waals surface area contributed by atoms with Crippen LogP contribution < -0.4 is 4.74 Å². The Kier molecular flexibility index (Phi) is 8.67. The zero-order valence-corrected chi connectivity index (χ0v) is 20.2. The monoisotopic (exact) mass is 491 g/mol. The summed E-state index contributed by atoms with van der Waals surface area (Å²) in [7, 11) is 0. The first-order chi connectivity index (χ1) is 17.5. The van der Waals surface area contributed by atoms with Crippen molar-refractivity contribution in [2.24, 2.45) is 0 Å². The number of para-hydroxylation sites is 1. The van der Waals surface area contributed by atoms with Crippen LogP contribution in [0.25, 0.3) is 5.69 Å². The molecule has 0 saturated heterocycles. The van der Waals surface area contributed by atoms with Gasteiger partial charge >= 0.3 is 0 Å². The SMILES string of the molecule is C=CCOC[C@H](O)CN(Cc1ccco1)Cc1c(C)nn(-c2ccccc2)c1Oc1cccc(F)c1. The maximum atomic E-state index is 13.9. The largest absolute Gasteiger partial charge is 0.468 e. The number of hydrogen-bond donors (Lipinski definition) is 1. The molecule has 2 aromatic heterocycles. The van der Waals surface area contributed by atoms with E-state index in [1.165, 1.54) is 12.1 Å². The molecule has 8 heteroatoms. The van der Waals surface area contributed by atoms with Gasteiger partial charge in [0, 0.05) is 19.2 Å². The van der Waals surface area contributed by atoms with Crippen LogP contribution in [0, 0.1) is 12.7 Å². The van der Waals surface area contributed by atoms with Gasteiger partial charge in [0.2, 0.25) is 5.88 Å². The molecule has 0 bridgehead atoms. The molecule has 0 amide bonds. The van der Waals surface area contributed by atoms with Crippen LogP contribution in [0.1, 0.15) is 17.0 Å². The molecule has 0 aliphatic rings. The maximum absolute atomic E-state index is 13.9. The minimum atomic E-state index is -0.725. The minimum Gasteiger partial charge on any atom is -0.468 e. The zero-order valence-electron chi connectivity index (χ0n) is 20.2. The first-order valence-corrected chi connectivity index (χ1v) is 11.7. The molecular formula is C28H30FN3O4. The second-order valence-corrected chi connectivity index (χ2v) is 8.40. The van der Waals surface area contributed by atoms with Crippen molar-refractivity contribution in [1.29, 1.82) is 0 Å². The number of nitrogens with zero attached hydrogens (tertiary/aromatic N) is 3. The number of furan rings is 1. The normalized spacial score (nSPS) is 12.1. The molecule has 0 saturated carbocycles. The first kappa shape index (κ1) is 25.4. The van der Waals surface area contributed by atoms with Gasteiger partial charge in [0.15, 0.2) is 0 Å². The Morgan fingerprint density at radius 2 is 1.97 bits per heavy atom. The number of benzene rings is 2. The molecule has 1 N–H and O–H groups in total. The zero-order chi connectivity index (χ0) is 25.3. The van der Waals surface area contributed by atoms with E-state index >= 15 is 0 Å². The number of ether oxygens (including phenoxy) is 2. The summed E-state index contributed by atoms with van der Waals surface area (Å²) in [4.78, 5) is 2.04. The highest BCUT2D eigenvalue weighted by molar-refractivity contribution is 5.43. The molecule has 4 rings (SSSR count). The van der Waals surface area contributed by atoms with Gasteiger partial charge in [0.05, 0.1) is 49.1 Å². The number of hydrogen-bond acceptors (Lipinski definition) is 6. The lowest BCUT2D eigenvalue weighted by Crippen LogP contribution is -2.34. The molecule has 2 aromatic carbocycles. The van der Waals surface area contributed by atoms with E-state index in [4.69, 9.17) is 19.0 Å². The second-order valence-electron chi connectivity index (χ2n) is 8.40. The van der Waals surface area contributed by atoms with Crippen LogP contribution in [0.4, 0.5) is 4.39 Å². The van der Waals surface area contributed by atoms with Gasteiger partial charge in [-0.1, -0.05) is 30.3 Å². The van der Waals surface area contributed by atoms with Crippen LogP contribution in [-0.4, -0.2) is 45.6 Å². The third kappa shape index (κ3) is 6.69. The Morgan fingerprint density at radius 3 is 2.69 bits per heavy atom. The summed E-state index contributed by atoms with van der Waals surface area (Å²) in [5.74, 6) is 1.21. The molecule has 0 fully saturated rings. The number of aliphatic hydroxyl groups excluding tert-OH is 1. The van der Waals surface area contributed by atoms with Crippen LogP contribution in [0.15, 0.2) is 90.1 Å². The fraction of sp³-hybridized carbons (Fsp3) is 0.250. The average molecular weight is 492 g/mol. The van der Waals surface area contributed by atoms with Crippen molar-refractivity contribution in [2.75, 3.05) is 19.8 Å². The van der Waals surface area contributed by atoms with Crippen molar-refractivity contribution in [1.82, 2.24) is 14.7 Å². The summed E-state index contributed by atoms with van der Waals surface area (Å²) in [5, 5.41) is 15.4. The minimum absolute atomic E-state index is 0.176. The summed E-state index contributed by atoms with van der Waals surface area (Å²) in [6.45, 7) is 7.27. The summed E-state index contributed by atoms with van der Waals surface area (Å²) in [5.41, 5.74) is 2.38. The lowest BCUT2D eigenvalue weighted by Gasteiger charge is -2.24. The number of halogens is 1. The number of rotatable bonds is 13. The van der Waals surface area contributed by atoms with Gasteiger partial charge in [-0.3, -0.25) is 4.90 Å². The fourth-order valence-electron chi connectivity index (χ4n) is 3.88. The molecule has 0 aliphatic carbocycles. The lowest BCUT2D eigenvalue weighted by molar-refractivity contribution is 0.0214. The molecule has 188 valence electrons. The molecule has 1 atom stereocenters. The van der Waals surface area contributed by atoms with E-state index in [1.54, 1.807) is 29.2 Å². The molecule has 36 heavy (non-hydrogen) atoms. The average Bonchev–Trinajstić information content (AvgIpc) is 3.48. The predicted octanol–water partition coefficient (Wildman–Crippen LogP) is 5.27. The second kappa shape index (κ2) is 12.3. The van der Waals surface area contributed by atoms with E-state index in [0.717, 1.165) is 22.7 Å². The van der Waals surface area contributed by atoms with Gasteiger partial charge in [-0.25, -0.2) is 9.07 Å². The smallest absolute Gasteiger partial charge is 0.227 e. The first-order valence-electron chi connectivity index (χ1n) is 11.7. The molecule has 0 spiro atoms. The lowest BCUT2D eigenvalue weighted by atomic mass is 10.2. The third-order valence-corrected chi connectivity index (χ3v) is 5.50. The van der Waals surface area contributed by atoms with Crippen LogP contribution in [-0.2, 0) is 17.8 Å². The maximum Gasteiger partial charge on any atom is 0.227 e. The van der Waals surface area contributed by atoms with Gasteiger partial charge < -0.3 is 19.0 Å². The van der Waals surface area contributed by atoms with Gasteiger partial charge in [-0.15, -0.1) is 6.58 Å². The molecule has 0 aliphatic heterocycles. The molecule has 4 aromatic rings. The fourth-order valence-corrected chi connectivity index (χ4v) is 3.88. The molecule has 0 unspecified atom stereocenters. The van der Waals surface area contributed by atoms with Crippen LogP contribution in [0.2, 0.25) is 0 Å². The van der Waals surface area contributed by atoms with E-state index < -0.39 is 11.9 Å². The number of aryl methyl sites for hydroxylation is 1. The van der Waals surface area contributed by atoms with Gasteiger partial charge in [-0.2, -0.15) is 5.10 Å².